The van der Waals surface area contributed by atoms with E-state index in [2.05, 4.69) is 0 Å². The van der Waals surface area contributed by atoms with Crippen LogP contribution in [-0.4, -0.2) is 52.1 Å². The molecule has 2 atom stereocenters. The van der Waals surface area contributed by atoms with Crippen molar-refractivity contribution in [3.8, 4) is 5.75 Å². The van der Waals surface area contributed by atoms with Gasteiger partial charge in [-0.1, -0.05) is 35.3 Å². The highest BCUT2D eigenvalue weighted by Gasteiger charge is 2.41. The number of hydrazine groups is 1. The lowest BCUT2D eigenvalue weighted by Gasteiger charge is -2.23. The largest absolute Gasteiger partial charge is 0.507 e. The first-order valence-electron chi connectivity index (χ1n) is 10.6. The normalized spacial score (nSPS) is 11.9. The van der Waals surface area contributed by atoms with E-state index in [0.29, 0.717) is 10.0 Å². The quantitative estimate of drug-likeness (QED) is 0.239. The van der Waals surface area contributed by atoms with Crippen LogP contribution >= 0.6 is 23.2 Å². The number of phenolic OH excluding ortho intramolecular Hbond substituents is 1. The fraction of sp³-hybridized carbons (Fsp3) is 0.0800. The minimum atomic E-state index is -2.34. The number of para-hydroxylation sites is 1. The Morgan fingerprint density at radius 2 is 1.16 bits per heavy atom. The number of nitrogens with one attached hydrogen (secondary N) is 2. The second-order valence-electron chi connectivity index (χ2n) is 7.46. The predicted octanol–water partition coefficient (Wildman–Crippen LogP) is 3.00. The van der Waals surface area contributed by atoms with Crippen LogP contribution in [0.5, 0.6) is 5.75 Å². The third-order valence-electron chi connectivity index (χ3n) is 4.85. The number of amides is 2. The zero-order valence-electron chi connectivity index (χ0n) is 19.1. The number of esters is 2. The van der Waals surface area contributed by atoms with Crippen LogP contribution in [0.2, 0.25) is 10.0 Å². The van der Waals surface area contributed by atoms with Crippen LogP contribution in [0, 0.1) is 0 Å². The van der Waals surface area contributed by atoms with E-state index in [9.17, 15) is 34.2 Å². The number of halogens is 2. The number of carboxylic acids is 1. The first-order valence-corrected chi connectivity index (χ1v) is 11.4. The maximum Gasteiger partial charge on any atom is 0.349 e. The molecule has 13 heteroatoms. The zero-order valence-corrected chi connectivity index (χ0v) is 20.6. The lowest BCUT2D eigenvalue weighted by atomic mass is 10.1. The molecule has 0 aromatic heterocycles. The minimum absolute atomic E-state index is 0.0985. The molecule has 0 heterocycles. The van der Waals surface area contributed by atoms with Crippen LogP contribution < -0.4 is 10.9 Å². The Hall–Kier alpha value is -4.61. The van der Waals surface area contributed by atoms with Gasteiger partial charge in [0, 0.05) is 10.0 Å². The first kappa shape index (κ1) is 28.0. The molecule has 0 fully saturated rings. The van der Waals surface area contributed by atoms with E-state index in [1.54, 1.807) is 0 Å². The third kappa shape index (κ3) is 7.21. The summed E-state index contributed by atoms with van der Waals surface area (Å²) in [6.45, 7) is 0. The minimum Gasteiger partial charge on any atom is -0.507 e. The molecule has 196 valence electrons. The predicted molar refractivity (Wildman–Crippen MR) is 133 cm³/mol. The topological polar surface area (TPSA) is 168 Å². The summed E-state index contributed by atoms with van der Waals surface area (Å²) in [6, 6.07) is 15.8. The van der Waals surface area contributed by atoms with Crippen molar-refractivity contribution in [2.24, 2.45) is 0 Å². The lowest BCUT2D eigenvalue weighted by molar-refractivity contribution is -0.159. The summed E-state index contributed by atoms with van der Waals surface area (Å²) >= 11 is 11.6. The summed E-state index contributed by atoms with van der Waals surface area (Å²) in [5, 5.41) is 20.1. The molecule has 0 aliphatic rings. The fourth-order valence-electron chi connectivity index (χ4n) is 2.96. The molecule has 0 saturated carbocycles. The van der Waals surface area contributed by atoms with E-state index in [1.807, 2.05) is 10.9 Å². The standard InChI is InChI=1S/C25H18Cl2N2O9/c26-15-9-5-13(6-10-15)24(35)37-19(22(32)29-28-21(31)17-3-1-2-4-18(17)30)20(23(33)34)38-25(36)14-7-11-16(27)12-8-14/h1-12,19-20,30H,(H,28,31)(H,29,32)(H,33,34)/t19-,20+/m0/s1. The molecule has 0 unspecified atom stereocenters. The number of carbonyl (C=O) groups is 5. The number of hydrogen-bond acceptors (Lipinski definition) is 8. The van der Waals surface area contributed by atoms with E-state index < -0.39 is 47.7 Å². The van der Waals surface area contributed by atoms with Crippen LogP contribution in [-0.2, 0) is 19.1 Å². The van der Waals surface area contributed by atoms with Gasteiger partial charge in [0.25, 0.3) is 11.8 Å². The van der Waals surface area contributed by atoms with E-state index in [-0.39, 0.29) is 16.7 Å². The molecule has 0 aliphatic heterocycles. The zero-order chi connectivity index (χ0) is 27.8. The second kappa shape index (κ2) is 12.6. The second-order valence-corrected chi connectivity index (χ2v) is 8.34. The van der Waals surface area contributed by atoms with E-state index in [1.165, 1.54) is 72.8 Å². The first-order chi connectivity index (χ1) is 18.1. The molecule has 3 aromatic rings. The SMILES string of the molecule is O=C(O[C@H](C(=O)NNC(=O)c1ccccc1O)[C@@H](OC(=O)c1ccc(Cl)cc1)C(=O)O)c1ccc(Cl)cc1. The van der Waals surface area contributed by atoms with Gasteiger partial charge in [-0.05, 0) is 60.7 Å². The van der Waals surface area contributed by atoms with Crippen molar-refractivity contribution >= 4 is 52.9 Å². The Kier molecular flexibility index (Phi) is 9.25. The summed E-state index contributed by atoms with van der Waals surface area (Å²) in [5.74, 6) is -6.86. The Bertz CT molecular complexity index is 1360. The van der Waals surface area contributed by atoms with Crippen molar-refractivity contribution in [1.82, 2.24) is 10.9 Å². The Balaban J connectivity index is 1.85. The van der Waals surface area contributed by atoms with E-state index in [4.69, 9.17) is 32.7 Å². The molecule has 4 N–H and O–H groups in total. The average molecular weight is 561 g/mol. The number of hydrogen-bond donors (Lipinski definition) is 4. The third-order valence-corrected chi connectivity index (χ3v) is 5.36. The van der Waals surface area contributed by atoms with Crippen molar-refractivity contribution in [1.29, 1.82) is 0 Å². The number of aliphatic carboxylic acids is 1. The highest BCUT2D eigenvalue weighted by atomic mass is 35.5. The van der Waals surface area contributed by atoms with Gasteiger partial charge in [0.15, 0.2) is 0 Å². The summed E-state index contributed by atoms with van der Waals surface area (Å²) in [7, 11) is 0. The van der Waals surface area contributed by atoms with Crippen LogP contribution in [0.15, 0.2) is 72.8 Å². The molecule has 0 bridgehead atoms. The summed E-state index contributed by atoms with van der Waals surface area (Å²) in [5.41, 5.74) is 3.47. The lowest BCUT2D eigenvalue weighted by Crippen LogP contribution is -2.54. The number of carboxylic acid groups (broad SMARTS) is 1. The number of aromatic hydroxyl groups is 1. The molecular formula is C25H18Cl2N2O9. The summed E-state index contributed by atoms with van der Waals surface area (Å²) < 4.78 is 10.1. The molecular weight excluding hydrogens is 543 g/mol. The van der Waals surface area contributed by atoms with Crippen LogP contribution in [0.1, 0.15) is 31.1 Å². The molecule has 0 spiro atoms. The molecule has 11 nitrogen and oxygen atoms in total. The van der Waals surface area contributed by atoms with Crippen LogP contribution in [0.25, 0.3) is 0 Å². The summed E-state index contributed by atoms with van der Waals surface area (Å²) in [4.78, 5) is 62.6. The van der Waals surface area contributed by atoms with Gasteiger partial charge in [-0.2, -0.15) is 0 Å². The Morgan fingerprint density at radius 3 is 1.63 bits per heavy atom. The van der Waals surface area contributed by atoms with Gasteiger partial charge in [-0.25, -0.2) is 14.4 Å². The monoisotopic (exact) mass is 560 g/mol. The number of ether oxygens (including phenoxy) is 2. The van der Waals surface area contributed by atoms with Crippen molar-refractivity contribution in [3.05, 3.63) is 99.5 Å². The van der Waals surface area contributed by atoms with Crippen LogP contribution in [0.3, 0.4) is 0 Å². The van der Waals surface area contributed by atoms with Gasteiger partial charge >= 0.3 is 17.9 Å². The number of rotatable bonds is 8. The van der Waals surface area contributed by atoms with Gasteiger partial charge in [0.2, 0.25) is 12.2 Å². The Morgan fingerprint density at radius 1 is 0.684 bits per heavy atom. The smallest absolute Gasteiger partial charge is 0.349 e. The van der Waals surface area contributed by atoms with E-state index >= 15 is 0 Å². The fourth-order valence-corrected chi connectivity index (χ4v) is 3.21. The van der Waals surface area contributed by atoms with E-state index in [0.717, 1.165) is 0 Å². The number of benzene rings is 3. The van der Waals surface area contributed by atoms with Gasteiger partial charge in [-0.3, -0.25) is 20.4 Å². The number of phenols is 1. The molecule has 2 amide bonds. The molecule has 3 aromatic carbocycles. The van der Waals surface area contributed by atoms with Gasteiger partial charge in [0.05, 0.1) is 16.7 Å². The molecule has 0 aliphatic carbocycles. The van der Waals surface area contributed by atoms with Crippen molar-refractivity contribution in [2.45, 2.75) is 12.2 Å². The average Bonchev–Trinajstić information content (AvgIpc) is 2.89. The Labute approximate surface area is 224 Å². The maximum atomic E-state index is 12.9. The van der Waals surface area contributed by atoms with Crippen molar-refractivity contribution in [3.63, 3.8) is 0 Å². The van der Waals surface area contributed by atoms with Gasteiger partial charge < -0.3 is 19.7 Å². The van der Waals surface area contributed by atoms with Crippen molar-refractivity contribution in [2.75, 3.05) is 0 Å². The molecule has 0 saturated heterocycles. The highest BCUT2D eigenvalue weighted by Crippen LogP contribution is 2.17. The molecule has 38 heavy (non-hydrogen) atoms. The maximum absolute atomic E-state index is 12.9. The molecule has 0 radical (unpaired) electrons. The van der Waals surface area contributed by atoms with Gasteiger partial charge in [-0.15, -0.1) is 0 Å². The van der Waals surface area contributed by atoms with Crippen molar-refractivity contribution < 1.29 is 43.7 Å². The summed E-state index contributed by atoms with van der Waals surface area (Å²) in [6.07, 6.45) is -4.60. The van der Waals surface area contributed by atoms with Gasteiger partial charge in [0.1, 0.15) is 5.75 Å². The number of carbonyl (C=O) groups excluding carboxylic acids is 4. The molecule has 3 rings (SSSR count). The van der Waals surface area contributed by atoms with Crippen LogP contribution in [0.4, 0.5) is 0 Å². The highest BCUT2D eigenvalue weighted by molar-refractivity contribution is 6.31.